The molecule has 0 aromatic heterocycles. The molecular weight excluding hydrogens is 222 g/mol. The molecule has 0 radical (unpaired) electrons. The number of nitrogens with two attached hydrogens (primary N) is 1. The van der Waals surface area contributed by atoms with Crippen molar-refractivity contribution >= 4 is 0 Å². The van der Waals surface area contributed by atoms with Crippen LogP contribution in [0.25, 0.3) is 0 Å². The summed E-state index contributed by atoms with van der Waals surface area (Å²) in [6.07, 6.45) is 4.01. The second-order valence-corrected chi connectivity index (χ2v) is 5.98. The van der Waals surface area contributed by atoms with Crippen molar-refractivity contribution in [3.8, 4) is 5.75 Å². The van der Waals surface area contributed by atoms with Gasteiger partial charge in [0.1, 0.15) is 5.75 Å². The van der Waals surface area contributed by atoms with Crippen LogP contribution in [0, 0.1) is 11.8 Å². The monoisotopic (exact) mass is 247 g/mol. The molecule has 1 saturated carbocycles. The number of hydrogen-bond acceptors (Lipinski definition) is 2. The minimum atomic E-state index is 0.0274. The topological polar surface area (TPSA) is 35.2 Å². The van der Waals surface area contributed by atoms with Crippen LogP contribution in [-0.4, -0.2) is 6.10 Å². The highest BCUT2D eigenvalue weighted by molar-refractivity contribution is 5.35. The largest absolute Gasteiger partial charge is 0.490 e. The Balaban J connectivity index is 2.09. The Morgan fingerprint density at radius 1 is 1.11 bits per heavy atom. The summed E-state index contributed by atoms with van der Waals surface area (Å²) in [4.78, 5) is 0. The predicted octanol–water partition coefficient (Wildman–Crippen LogP) is 3.91. The van der Waals surface area contributed by atoms with Gasteiger partial charge in [0.25, 0.3) is 0 Å². The molecule has 3 atom stereocenters. The van der Waals surface area contributed by atoms with Gasteiger partial charge in [-0.2, -0.15) is 0 Å². The second kappa shape index (κ2) is 5.75. The third kappa shape index (κ3) is 3.26. The van der Waals surface area contributed by atoms with Crippen molar-refractivity contribution in [3.63, 3.8) is 0 Å². The van der Waals surface area contributed by atoms with Crippen LogP contribution < -0.4 is 10.5 Å². The van der Waals surface area contributed by atoms with Gasteiger partial charge in [0.05, 0.1) is 6.10 Å². The average Bonchev–Trinajstić information content (AvgIpc) is 2.27. The highest BCUT2D eigenvalue weighted by Gasteiger charge is 2.25. The number of para-hydroxylation sites is 1. The Morgan fingerprint density at radius 3 is 2.33 bits per heavy atom. The molecule has 0 bridgehead atoms. The molecule has 2 nitrogen and oxygen atoms in total. The van der Waals surface area contributed by atoms with Crippen LogP contribution in [0.2, 0.25) is 0 Å². The van der Waals surface area contributed by atoms with Gasteiger partial charge in [-0.3, -0.25) is 0 Å². The molecule has 0 heterocycles. The summed E-state index contributed by atoms with van der Waals surface area (Å²) < 4.78 is 6.21. The van der Waals surface area contributed by atoms with E-state index in [0.717, 1.165) is 36.0 Å². The maximum Gasteiger partial charge on any atom is 0.124 e. The summed E-state index contributed by atoms with van der Waals surface area (Å²) in [6.45, 7) is 6.65. The first-order valence-corrected chi connectivity index (χ1v) is 7.07. The Morgan fingerprint density at radius 2 is 1.72 bits per heavy atom. The van der Waals surface area contributed by atoms with Crippen molar-refractivity contribution in [2.24, 2.45) is 17.6 Å². The molecule has 1 aromatic rings. The third-order valence-corrected chi connectivity index (χ3v) is 3.84. The SMILES string of the molecule is CC1CC(C)CC(Oc2ccccc2[C@@H](C)N)C1. The molecular formula is C16H25NO. The van der Waals surface area contributed by atoms with E-state index in [4.69, 9.17) is 10.5 Å². The van der Waals surface area contributed by atoms with Crippen molar-refractivity contribution < 1.29 is 4.74 Å². The predicted molar refractivity (Wildman–Crippen MR) is 75.6 cm³/mol. The van der Waals surface area contributed by atoms with Gasteiger partial charge in [-0.1, -0.05) is 32.0 Å². The Labute approximate surface area is 111 Å². The molecule has 1 aromatic carbocycles. The number of benzene rings is 1. The first-order chi connectivity index (χ1) is 8.56. The molecule has 0 aliphatic heterocycles. The van der Waals surface area contributed by atoms with Gasteiger partial charge in [-0.05, 0) is 44.1 Å². The zero-order valence-electron chi connectivity index (χ0n) is 11.7. The fourth-order valence-corrected chi connectivity index (χ4v) is 3.11. The van der Waals surface area contributed by atoms with Crippen LogP contribution in [0.4, 0.5) is 0 Å². The molecule has 0 saturated heterocycles. The van der Waals surface area contributed by atoms with Crippen LogP contribution in [-0.2, 0) is 0 Å². The van der Waals surface area contributed by atoms with Gasteiger partial charge in [0.2, 0.25) is 0 Å². The number of ether oxygens (including phenoxy) is 1. The molecule has 1 aliphatic carbocycles. The van der Waals surface area contributed by atoms with E-state index in [-0.39, 0.29) is 6.04 Å². The van der Waals surface area contributed by atoms with E-state index >= 15 is 0 Å². The maximum absolute atomic E-state index is 6.21. The van der Waals surface area contributed by atoms with Crippen LogP contribution in [0.3, 0.4) is 0 Å². The summed E-state index contributed by atoms with van der Waals surface area (Å²) in [5.74, 6) is 2.50. The summed E-state index contributed by atoms with van der Waals surface area (Å²) in [5, 5.41) is 0. The third-order valence-electron chi connectivity index (χ3n) is 3.84. The lowest BCUT2D eigenvalue weighted by Crippen LogP contribution is -2.29. The smallest absolute Gasteiger partial charge is 0.124 e. The molecule has 1 aliphatic rings. The molecule has 2 unspecified atom stereocenters. The van der Waals surface area contributed by atoms with Gasteiger partial charge >= 0.3 is 0 Å². The van der Waals surface area contributed by atoms with Crippen LogP contribution in [0.1, 0.15) is 51.6 Å². The lowest BCUT2D eigenvalue weighted by molar-refractivity contribution is 0.0998. The summed E-state index contributed by atoms with van der Waals surface area (Å²) >= 11 is 0. The standard InChI is InChI=1S/C16H25NO/c1-11-8-12(2)10-14(9-11)18-16-7-5-4-6-15(16)13(3)17/h4-7,11-14H,8-10,17H2,1-3H3/t11?,12?,13-,14?/m1/s1. The van der Waals surface area contributed by atoms with E-state index in [1.54, 1.807) is 0 Å². The molecule has 1 fully saturated rings. The quantitative estimate of drug-likeness (QED) is 0.879. The van der Waals surface area contributed by atoms with Crippen molar-refractivity contribution in [2.75, 3.05) is 0 Å². The number of hydrogen-bond donors (Lipinski definition) is 1. The van der Waals surface area contributed by atoms with Crippen LogP contribution in [0.5, 0.6) is 5.75 Å². The van der Waals surface area contributed by atoms with Crippen LogP contribution >= 0.6 is 0 Å². The van der Waals surface area contributed by atoms with Gasteiger partial charge in [-0.15, -0.1) is 0 Å². The first kappa shape index (κ1) is 13.4. The fourth-order valence-electron chi connectivity index (χ4n) is 3.11. The van der Waals surface area contributed by atoms with Crippen molar-refractivity contribution in [1.82, 2.24) is 0 Å². The zero-order valence-corrected chi connectivity index (χ0v) is 11.7. The van der Waals surface area contributed by atoms with Crippen molar-refractivity contribution in [2.45, 2.75) is 52.2 Å². The van der Waals surface area contributed by atoms with E-state index < -0.39 is 0 Å². The van der Waals surface area contributed by atoms with E-state index in [9.17, 15) is 0 Å². The van der Waals surface area contributed by atoms with E-state index in [2.05, 4.69) is 19.9 Å². The normalized spacial score (nSPS) is 29.9. The van der Waals surface area contributed by atoms with Gasteiger partial charge in [-0.25, -0.2) is 0 Å². The highest BCUT2D eigenvalue weighted by Crippen LogP contribution is 2.33. The minimum absolute atomic E-state index is 0.0274. The average molecular weight is 247 g/mol. The van der Waals surface area contributed by atoms with E-state index in [0.29, 0.717) is 6.10 Å². The van der Waals surface area contributed by atoms with Crippen molar-refractivity contribution in [3.05, 3.63) is 29.8 Å². The molecule has 2 N–H and O–H groups in total. The summed E-state index contributed by atoms with van der Waals surface area (Å²) in [5.41, 5.74) is 7.11. The maximum atomic E-state index is 6.21. The molecule has 18 heavy (non-hydrogen) atoms. The second-order valence-electron chi connectivity index (χ2n) is 5.98. The van der Waals surface area contributed by atoms with E-state index in [1.165, 1.54) is 6.42 Å². The Hall–Kier alpha value is -1.02. The highest BCUT2D eigenvalue weighted by atomic mass is 16.5. The molecule has 0 spiro atoms. The molecule has 2 heteroatoms. The summed E-state index contributed by atoms with van der Waals surface area (Å²) in [7, 11) is 0. The van der Waals surface area contributed by atoms with Gasteiger partial charge in [0, 0.05) is 11.6 Å². The minimum Gasteiger partial charge on any atom is -0.490 e. The van der Waals surface area contributed by atoms with Gasteiger partial charge in [0.15, 0.2) is 0 Å². The molecule has 0 amide bonds. The zero-order chi connectivity index (χ0) is 13.1. The van der Waals surface area contributed by atoms with Crippen LogP contribution in [0.15, 0.2) is 24.3 Å². The van der Waals surface area contributed by atoms with E-state index in [1.807, 2.05) is 25.1 Å². The fraction of sp³-hybridized carbons (Fsp3) is 0.625. The number of rotatable bonds is 3. The Kier molecular flexibility index (Phi) is 4.28. The lowest BCUT2D eigenvalue weighted by atomic mass is 9.82. The van der Waals surface area contributed by atoms with Gasteiger partial charge < -0.3 is 10.5 Å². The molecule has 2 rings (SSSR count). The Bertz CT molecular complexity index is 378. The van der Waals surface area contributed by atoms with Crippen molar-refractivity contribution in [1.29, 1.82) is 0 Å². The molecule has 100 valence electrons. The lowest BCUT2D eigenvalue weighted by Gasteiger charge is -2.32. The summed E-state index contributed by atoms with van der Waals surface area (Å²) in [6, 6.07) is 8.19. The first-order valence-electron chi connectivity index (χ1n) is 7.07.